The summed E-state index contributed by atoms with van der Waals surface area (Å²) in [7, 11) is 0. The number of non-ortho nitro benzene ring substituents is 1. The van der Waals surface area contributed by atoms with Crippen molar-refractivity contribution in [1.82, 2.24) is 0 Å². The first-order chi connectivity index (χ1) is 12.6. The zero-order valence-electron chi connectivity index (χ0n) is 14.7. The summed E-state index contributed by atoms with van der Waals surface area (Å²) in [5, 5.41) is 26.8. The van der Waals surface area contributed by atoms with E-state index in [-0.39, 0.29) is 17.1 Å². The Bertz CT molecular complexity index is 610. The van der Waals surface area contributed by atoms with Gasteiger partial charge in [-0.1, -0.05) is 54.5 Å². The van der Waals surface area contributed by atoms with Gasteiger partial charge in [-0.2, -0.15) is 5.10 Å². The highest BCUT2D eigenvalue weighted by molar-refractivity contribution is 9.09. The van der Waals surface area contributed by atoms with Crippen molar-refractivity contribution in [2.45, 2.75) is 57.8 Å². The number of nitrogens with one attached hydrogen (secondary N) is 1. The molecule has 1 aromatic rings. The molecule has 0 saturated heterocycles. The minimum Gasteiger partial charge on any atom is -0.272 e. The standard InChI is InChI=1S/C17H25BrN4O4/c18-12-8-6-4-2-1-3-5-7-9-13-19-20-16-11-10-15(21(23)24)14-17(16)22(25)26/h10-11,13-14,20H,1-9,12H2/b19-13+. The van der Waals surface area contributed by atoms with E-state index in [1.54, 1.807) is 6.21 Å². The van der Waals surface area contributed by atoms with E-state index in [2.05, 4.69) is 26.5 Å². The van der Waals surface area contributed by atoms with E-state index < -0.39 is 9.85 Å². The van der Waals surface area contributed by atoms with Gasteiger partial charge in [0.1, 0.15) is 5.69 Å². The van der Waals surface area contributed by atoms with E-state index in [0.717, 1.165) is 30.7 Å². The highest BCUT2D eigenvalue weighted by Crippen LogP contribution is 2.28. The maximum absolute atomic E-state index is 11.0. The fourth-order valence-electron chi connectivity index (χ4n) is 2.45. The molecule has 0 aromatic heterocycles. The number of nitrogens with zero attached hydrogens (tertiary/aromatic N) is 3. The van der Waals surface area contributed by atoms with Crippen molar-refractivity contribution in [2.75, 3.05) is 10.8 Å². The Balaban J connectivity index is 2.26. The summed E-state index contributed by atoms with van der Waals surface area (Å²) in [6, 6.07) is 3.43. The molecular formula is C17H25BrN4O4. The lowest BCUT2D eigenvalue weighted by Crippen LogP contribution is -1.98. The Kier molecular flexibility index (Phi) is 11.2. The lowest BCUT2D eigenvalue weighted by atomic mass is 10.1. The van der Waals surface area contributed by atoms with E-state index in [4.69, 9.17) is 0 Å². The number of hydrogen-bond donors (Lipinski definition) is 1. The number of alkyl halides is 1. The van der Waals surface area contributed by atoms with Crippen molar-refractivity contribution in [3.05, 3.63) is 38.4 Å². The van der Waals surface area contributed by atoms with Crippen LogP contribution >= 0.6 is 15.9 Å². The van der Waals surface area contributed by atoms with Gasteiger partial charge in [0.15, 0.2) is 0 Å². The van der Waals surface area contributed by atoms with Gasteiger partial charge in [0.2, 0.25) is 0 Å². The van der Waals surface area contributed by atoms with Gasteiger partial charge in [0, 0.05) is 17.6 Å². The molecule has 0 atom stereocenters. The average Bonchev–Trinajstić information content (AvgIpc) is 2.62. The highest BCUT2D eigenvalue weighted by atomic mass is 79.9. The largest absolute Gasteiger partial charge is 0.301 e. The molecule has 0 bridgehead atoms. The fraction of sp³-hybridized carbons (Fsp3) is 0.588. The van der Waals surface area contributed by atoms with Crippen LogP contribution in [0.1, 0.15) is 57.8 Å². The minimum atomic E-state index is -0.665. The predicted octanol–water partition coefficient (Wildman–Crippen LogP) is 5.81. The predicted molar refractivity (Wildman–Crippen MR) is 107 cm³/mol. The molecule has 1 rings (SSSR count). The van der Waals surface area contributed by atoms with Crippen molar-refractivity contribution in [2.24, 2.45) is 5.10 Å². The molecule has 0 radical (unpaired) electrons. The molecule has 26 heavy (non-hydrogen) atoms. The Hall–Kier alpha value is -2.03. The number of unbranched alkanes of at least 4 members (excludes halogenated alkanes) is 8. The summed E-state index contributed by atoms with van der Waals surface area (Å²) in [5.41, 5.74) is 2.05. The van der Waals surface area contributed by atoms with Gasteiger partial charge >= 0.3 is 5.69 Å². The number of rotatable bonds is 14. The number of nitro benzene ring substituents is 2. The van der Waals surface area contributed by atoms with Crippen LogP contribution in [0.3, 0.4) is 0 Å². The summed E-state index contributed by atoms with van der Waals surface area (Å²) >= 11 is 3.43. The molecule has 1 N–H and O–H groups in total. The molecule has 1 aromatic carbocycles. The topological polar surface area (TPSA) is 111 Å². The van der Waals surface area contributed by atoms with Gasteiger partial charge in [0.25, 0.3) is 5.69 Å². The summed E-state index contributed by atoms with van der Waals surface area (Å²) in [4.78, 5) is 20.4. The minimum absolute atomic E-state index is 0.139. The van der Waals surface area contributed by atoms with E-state index in [0.29, 0.717) is 0 Å². The highest BCUT2D eigenvalue weighted by Gasteiger charge is 2.18. The van der Waals surface area contributed by atoms with E-state index in [1.807, 2.05) is 0 Å². The summed E-state index contributed by atoms with van der Waals surface area (Å²) < 4.78 is 0. The number of nitro groups is 2. The number of hydrazone groups is 1. The SMILES string of the molecule is O=[N+]([O-])c1ccc(N/N=C/CCCCCCCCCCBr)c([N+](=O)[O-])c1. The van der Waals surface area contributed by atoms with Gasteiger partial charge in [0.05, 0.1) is 15.9 Å². The maximum atomic E-state index is 11.0. The molecule has 8 nitrogen and oxygen atoms in total. The third-order valence-corrected chi connectivity index (χ3v) is 4.44. The van der Waals surface area contributed by atoms with E-state index in [1.165, 1.54) is 50.7 Å². The van der Waals surface area contributed by atoms with Gasteiger partial charge in [-0.25, -0.2) is 0 Å². The third kappa shape index (κ3) is 8.89. The van der Waals surface area contributed by atoms with Crippen molar-refractivity contribution in [1.29, 1.82) is 0 Å². The van der Waals surface area contributed by atoms with Crippen LogP contribution in [0.5, 0.6) is 0 Å². The molecule has 0 aliphatic heterocycles. The summed E-state index contributed by atoms with van der Waals surface area (Å²) in [6.07, 6.45) is 12.2. The molecule has 0 fully saturated rings. The van der Waals surface area contributed by atoms with Crippen LogP contribution in [0.25, 0.3) is 0 Å². The van der Waals surface area contributed by atoms with Crippen LogP contribution in [-0.2, 0) is 0 Å². The second-order valence-corrected chi connectivity index (χ2v) is 6.74. The van der Waals surface area contributed by atoms with Crippen molar-refractivity contribution in [3.63, 3.8) is 0 Å². The number of benzene rings is 1. The van der Waals surface area contributed by atoms with Crippen molar-refractivity contribution in [3.8, 4) is 0 Å². The Morgan fingerprint density at radius 1 is 0.962 bits per heavy atom. The maximum Gasteiger partial charge on any atom is 0.301 e. The van der Waals surface area contributed by atoms with Crippen molar-refractivity contribution < 1.29 is 9.85 Å². The zero-order chi connectivity index (χ0) is 19.2. The molecule has 144 valence electrons. The molecule has 0 spiro atoms. The monoisotopic (exact) mass is 428 g/mol. The average molecular weight is 429 g/mol. The van der Waals surface area contributed by atoms with Crippen LogP contribution in [0.4, 0.5) is 17.1 Å². The first-order valence-corrected chi connectivity index (χ1v) is 9.94. The first kappa shape index (κ1) is 22.0. The normalized spacial score (nSPS) is 11.0. The van der Waals surface area contributed by atoms with Gasteiger partial charge < -0.3 is 0 Å². The van der Waals surface area contributed by atoms with Gasteiger partial charge in [-0.05, 0) is 25.3 Å². The molecule has 0 heterocycles. The number of hydrogen-bond acceptors (Lipinski definition) is 6. The molecular weight excluding hydrogens is 404 g/mol. The van der Waals surface area contributed by atoms with Crippen LogP contribution in [0.15, 0.2) is 23.3 Å². The van der Waals surface area contributed by atoms with Gasteiger partial charge in [-0.15, -0.1) is 0 Å². The smallest absolute Gasteiger partial charge is 0.272 e. The summed E-state index contributed by atoms with van der Waals surface area (Å²) in [6.45, 7) is 0. The van der Waals surface area contributed by atoms with Gasteiger partial charge in [-0.3, -0.25) is 25.7 Å². The Labute approximate surface area is 161 Å². The Morgan fingerprint density at radius 2 is 1.58 bits per heavy atom. The first-order valence-electron chi connectivity index (χ1n) is 8.82. The zero-order valence-corrected chi connectivity index (χ0v) is 16.3. The number of anilines is 1. The lowest BCUT2D eigenvalue weighted by molar-refractivity contribution is -0.393. The second-order valence-electron chi connectivity index (χ2n) is 5.95. The molecule has 0 amide bonds. The van der Waals surface area contributed by atoms with Crippen LogP contribution in [0.2, 0.25) is 0 Å². The van der Waals surface area contributed by atoms with Crippen LogP contribution in [-0.4, -0.2) is 21.4 Å². The van der Waals surface area contributed by atoms with Crippen molar-refractivity contribution >= 4 is 39.2 Å². The van der Waals surface area contributed by atoms with Crippen LogP contribution in [0, 0.1) is 20.2 Å². The second kappa shape index (κ2) is 13.2. The lowest BCUT2D eigenvalue weighted by Gasteiger charge is -2.02. The van der Waals surface area contributed by atoms with E-state index in [9.17, 15) is 20.2 Å². The fourth-order valence-corrected chi connectivity index (χ4v) is 2.85. The third-order valence-electron chi connectivity index (χ3n) is 3.88. The van der Waals surface area contributed by atoms with Crippen LogP contribution < -0.4 is 5.43 Å². The Morgan fingerprint density at radius 3 is 2.15 bits per heavy atom. The molecule has 0 saturated carbocycles. The molecule has 0 unspecified atom stereocenters. The number of halogens is 1. The molecule has 9 heteroatoms. The molecule has 0 aliphatic rings. The quantitative estimate of drug-likeness (QED) is 0.132. The summed E-state index contributed by atoms with van der Waals surface area (Å²) in [5.74, 6) is 0. The van der Waals surface area contributed by atoms with E-state index >= 15 is 0 Å². The molecule has 0 aliphatic carbocycles.